The number of hydrazine groups is 1. The van der Waals surface area contributed by atoms with Crippen LogP contribution in [-0.4, -0.2) is 11.9 Å². The molecule has 5 nitrogen and oxygen atoms in total. The first kappa shape index (κ1) is 17.9. The first-order valence-corrected chi connectivity index (χ1v) is 8.08. The Morgan fingerprint density at radius 2 is 1.67 bits per heavy atom. The van der Waals surface area contributed by atoms with Crippen molar-refractivity contribution in [3.8, 4) is 0 Å². The molecular weight excluding hydrogens is 377 g/mol. The Labute approximate surface area is 147 Å². The Hall–Kier alpha value is -2.41. The van der Waals surface area contributed by atoms with Crippen molar-refractivity contribution in [1.29, 1.82) is 0 Å². The molecule has 0 saturated heterocycles. The second kappa shape index (κ2) is 8.44. The monoisotopic (exact) mass is 393 g/mol. The molecule has 0 radical (unpaired) electrons. The molecule has 3 N–H and O–H groups in total. The van der Waals surface area contributed by atoms with Crippen molar-refractivity contribution in [2.45, 2.75) is 19.4 Å². The van der Waals surface area contributed by atoms with Gasteiger partial charge in [-0.25, -0.2) is 14.6 Å². The van der Waals surface area contributed by atoms with Gasteiger partial charge in [-0.15, -0.1) is 0 Å². The number of nitrogens with one attached hydrogen (secondary N) is 3. The van der Waals surface area contributed by atoms with Crippen LogP contribution in [0.1, 0.15) is 24.1 Å². The summed E-state index contributed by atoms with van der Waals surface area (Å²) in [6, 6.07) is 12.4. The van der Waals surface area contributed by atoms with Gasteiger partial charge in [-0.05, 0) is 42.3 Å². The van der Waals surface area contributed by atoms with Gasteiger partial charge >= 0.3 is 6.03 Å². The van der Waals surface area contributed by atoms with Crippen LogP contribution in [0.5, 0.6) is 0 Å². The van der Waals surface area contributed by atoms with Crippen LogP contribution in [0.15, 0.2) is 53.0 Å². The lowest BCUT2D eigenvalue weighted by Gasteiger charge is -2.15. The van der Waals surface area contributed by atoms with Crippen LogP contribution >= 0.6 is 15.9 Å². The normalized spacial score (nSPS) is 11.5. The largest absolute Gasteiger partial charge is 0.333 e. The minimum absolute atomic E-state index is 0.0445. The summed E-state index contributed by atoms with van der Waals surface area (Å²) in [6.07, 6.45) is 0.0445. The van der Waals surface area contributed by atoms with Crippen LogP contribution in [0.3, 0.4) is 0 Å². The summed E-state index contributed by atoms with van der Waals surface area (Å²) in [5.41, 5.74) is 6.19. The van der Waals surface area contributed by atoms with E-state index in [0.717, 1.165) is 10.0 Å². The van der Waals surface area contributed by atoms with Crippen molar-refractivity contribution in [1.82, 2.24) is 16.2 Å². The van der Waals surface area contributed by atoms with E-state index in [9.17, 15) is 14.0 Å². The first-order valence-electron chi connectivity index (χ1n) is 7.29. The number of urea groups is 1. The van der Waals surface area contributed by atoms with Gasteiger partial charge in [0.25, 0.3) is 0 Å². The number of amides is 3. The molecule has 0 aliphatic heterocycles. The molecule has 0 fully saturated rings. The summed E-state index contributed by atoms with van der Waals surface area (Å²) in [7, 11) is 0. The Balaban J connectivity index is 1.76. The second-order valence-corrected chi connectivity index (χ2v) is 6.14. The molecule has 0 bridgehead atoms. The Morgan fingerprint density at radius 1 is 1.04 bits per heavy atom. The van der Waals surface area contributed by atoms with E-state index in [1.54, 1.807) is 0 Å². The molecule has 0 spiro atoms. The van der Waals surface area contributed by atoms with Gasteiger partial charge in [0.1, 0.15) is 5.82 Å². The third-order valence-electron chi connectivity index (χ3n) is 3.31. The highest BCUT2D eigenvalue weighted by Gasteiger charge is 2.10. The number of hydrogen-bond acceptors (Lipinski definition) is 2. The molecule has 0 heterocycles. The van der Waals surface area contributed by atoms with Gasteiger partial charge in [0.05, 0.1) is 12.5 Å². The molecule has 2 aromatic carbocycles. The Morgan fingerprint density at radius 3 is 2.29 bits per heavy atom. The number of carbonyl (C=O) groups is 2. The van der Waals surface area contributed by atoms with Crippen LogP contribution in [0.4, 0.5) is 9.18 Å². The fraction of sp³-hybridized carbons (Fsp3) is 0.176. The average Bonchev–Trinajstić information content (AvgIpc) is 2.55. The second-order valence-electron chi connectivity index (χ2n) is 5.22. The molecule has 0 saturated carbocycles. The molecule has 0 aromatic heterocycles. The topological polar surface area (TPSA) is 70.2 Å². The van der Waals surface area contributed by atoms with E-state index >= 15 is 0 Å². The van der Waals surface area contributed by atoms with E-state index in [4.69, 9.17) is 0 Å². The van der Waals surface area contributed by atoms with E-state index in [-0.39, 0.29) is 18.3 Å². The number of hydrogen-bond donors (Lipinski definition) is 3. The van der Waals surface area contributed by atoms with Crippen molar-refractivity contribution in [2.75, 3.05) is 0 Å². The third kappa shape index (κ3) is 5.66. The first-order chi connectivity index (χ1) is 11.4. The molecule has 0 aliphatic carbocycles. The quantitative estimate of drug-likeness (QED) is 0.697. The molecule has 2 aromatic rings. The van der Waals surface area contributed by atoms with E-state index in [1.807, 2.05) is 31.2 Å². The summed E-state index contributed by atoms with van der Waals surface area (Å²) in [5.74, 6) is -0.758. The highest BCUT2D eigenvalue weighted by atomic mass is 79.9. The van der Waals surface area contributed by atoms with Crippen molar-refractivity contribution < 1.29 is 14.0 Å². The van der Waals surface area contributed by atoms with E-state index in [0.29, 0.717) is 5.56 Å². The summed E-state index contributed by atoms with van der Waals surface area (Å²) in [6.45, 7) is 1.84. The maximum Gasteiger partial charge on any atom is 0.333 e. The lowest BCUT2D eigenvalue weighted by Crippen LogP contribution is -2.47. The summed E-state index contributed by atoms with van der Waals surface area (Å²) in [5, 5.41) is 2.71. The number of benzene rings is 2. The smallest absolute Gasteiger partial charge is 0.330 e. The fourth-order valence-corrected chi connectivity index (χ4v) is 2.29. The SMILES string of the molecule is C[C@@H](NC(=O)NNC(=O)Cc1ccc(F)cc1)c1ccc(Br)cc1. The van der Waals surface area contributed by atoms with Gasteiger partial charge in [0, 0.05) is 4.47 Å². The molecule has 0 aliphatic rings. The van der Waals surface area contributed by atoms with Gasteiger partial charge in [-0.2, -0.15) is 0 Å². The average molecular weight is 394 g/mol. The van der Waals surface area contributed by atoms with E-state index < -0.39 is 11.9 Å². The molecular formula is C17H17BrFN3O2. The molecule has 24 heavy (non-hydrogen) atoms. The van der Waals surface area contributed by atoms with Crippen LogP contribution in [0, 0.1) is 5.82 Å². The summed E-state index contributed by atoms with van der Waals surface area (Å²) < 4.78 is 13.7. The molecule has 3 amide bonds. The number of halogens is 2. The summed E-state index contributed by atoms with van der Waals surface area (Å²) >= 11 is 3.35. The predicted octanol–water partition coefficient (Wildman–Crippen LogP) is 3.22. The Bertz CT molecular complexity index is 705. The zero-order valence-electron chi connectivity index (χ0n) is 13.0. The van der Waals surface area contributed by atoms with Gasteiger partial charge < -0.3 is 5.32 Å². The van der Waals surface area contributed by atoms with Crippen LogP contribution in [-0.2, 0) is 11.2 Å². The maximum atomic E-state index is 12.8. The molecule has 0 unspecified atom stereocenters. The van der Waals surface area contributed by atoms with E-state index in [2.05, 4.69) is 32.1 Å². The minimum atomic E-state index is -0.516. The third-order valence-corrected chi connectivity index (χ3v) is 3.84. The standard InChI is InChI=1S/C17H17BrFN3O2/c1-11(13-4-6-14(18)7-5-13)20-17(24)22-21-16(23)10-12-2-8-15(19)9-3-12/h2-9,11H,10H2,1H3,(H,21,23)(H2,20,22,24)/t11-/m1/s1. The van der Waals surface area contributed by atoms with Crippen LogP contribution in [0.2, 0.25) is 0 Å². The lowest BCUT2D eigenvalue weighted by atomic mass is 10.1. The molecule has 7 heteroatoms. The zero-order chi connectivity index (χ0) is 17.5. The zero-order valence-corrected chi connectivity index (χ0v) is 14.6. The molecule has 2 rings (SSSR count). The minimum Gasteiger partial charge on any atom is -0.330 e. The van der Waals surface area contributed by atoms with Gasteiger partial charge in [0.2, 0.25) is 5.91 Å². The highest BCUT2D eigenvalue weighted by Crippen LogP contribution is 2.16. The van der Waals surface area contributed by atoms with Crippen LogP contribution in [0.25, 0.3) is 0 Å². The molecule has 126 valence electrons. The van der Waals surface area contributed by atoms with Crippen molar-refractivity contribution in [3.05, 3.63) is 69.9 Å². The number of rotatable bonds is 4. The van der Waals surface area contributed by atoms with Crippen molar-refractivity contribution in [2.24, 2.45) is 0 Å². The van der Waals surface area contributed by atoms with Gasteiger partial charge in [-0.1, -0.05) is 40.2 Å². The van der Waals surface area contributed by atoms with E-state index in [1.165, 1.54) is 24.3 Å². The maximum absolute atomic E-state index is 12.8. The fourth-order valence-electron chi connectivity index (χ4n) is 2.03. The Kier molecular flexibility index (Phi) is 6.31. The lowest BCUT2D eigenvalue weighted by molar-refractivity contribution is -0.121. The van der Waals surface area contributed by atoms with Gasteiger partial charge in [-0.3, -0.25) is 10.2 Å². The van der Waals surface area contributed by atoms with Crippen molar-refractivity contribution in [3.63, 3.8) is 0 Å². The van der Waals surface area contributed by atoms with Crippen molar-refractivity contribution >= 4 is 27.9 Å². The molecule has 1 atom stereocenters. The summed E-state index contributed by atoms with van der Waals surface area (Å²) in [4.78, 5) is 23.5. The van der Waals surface area contributed by atoms with Crippen LogP contribution < -0.4 is 16.2 Å². The number of carbonyl (C=O) groups excluding carboxylic acids is 2. The highest BCUT2D eigenvalue weighted by molar-refractivity contribution is 9.10. The van der Waals surface area contributed by atoms with Gasteiger partial charge in [0.15, 0.2) is 0 Å². The predicted molar refractivity (Wildman–Crippen MR) is 92.5 cm³/mol.